The summed E-state index contributed by atoms with van der Waals surface area (Å²) in [5.41, 5.74) is 0. The van der Waals surface area contributed by atoms with Crippen molar-refractivity contribution in [2.24, 2.45) is 0 Å². The van der Waals surface area contributed by atoms with Crippen LogP contribution in [0.4, 0.5) is 24.0 Å². The summed E-state index contributed by atoms with van der Waals surface area (Å²) in [6, 6.07) is -1.19. The molecular formula is C34H52N6O9. The van der Waals surface area contributed by atoms with Crippen LogP contribution in [0.2, 0.25) is 0 Å². The number of unbranched alkanes of at least 4 members (excludes halogenated alkanes) is 9. The summed E-state index contributed by atoms with van der Waals surface area (Å²) >= 11 is 0. The first-order chi connectivity index (χ1) is 23.7. The van der Waals surface area contributed by atoms with Gasteiger partial charge in [-0.3, -0.25) is 9.69 Å². The van der Waals surface area contributed by atoms with Crippen molar-refractivity contribution in [3.63, 3.8) is 0 Å². The number of imide groups is 2. The Labute approximate surface area is 290 Å². The van der Waals surface area contributed by atoms with Crippen LogP contribution in [0.1, 0.15) is 77.0 Å². The molecule has 3 N–H and O–H groups in total. The number of nitrogens with one attached hydrogen (secondary N) is 3. The Kier molecular flexibility index (Phi) is 27.1. The summed E-state index contributed by atoms with van der Waals surface area (Å²) in [5, 5.41) is 7.79. The third-order valence-corrected chi connectivity index (χ3v) is 6.88. The fourth-order valence-electron chi connectivity index (χ4n) is 4.31. The number of urea groups is 2. The molecule has 0 aliphatic heterocycles. The van der Waals surface area contributed by atoms with Gasteiger partial charge in [-0.25, -0.2) is 28.9 Å². The number of nitrogens with zero attached hydrogens (tertiary/aromatic N) is 3. The molecular weight excluding hydrogens is 636 g/mol. The maximum atomic E-state index is 13.4. The lowest BCUT2D eigenvalue weighted by Crippen LogP contribution is -2.51. The molecule has 49 heavy (non-hydrogen) atoms. The zero-order valence-corrected chi connectivity index (χ0v) is 28.7. The summed E-state index contributed by atoms with van der Waals surface area (Å²) in [4.78, 5) is 76.6. The summed E-state index contributed by atoms with van der Waals surface area (Å²) in [7, 11) is 1.61. The molecule has 0 fully saturated rings. The molecule has 0 rings (SSSR count). The highest BCUT2D eigenvalue weighted by Crippen LogP contribution is 2.11. The summed E-state index contributed by atoms with van der Waals surface area (Å²) < 4.78 is 14.2. The number of terminal acetylenes is 3. The topological polar surface area (TPSA) is 176 Å². The molecule has 0 atom stereocenters. The van der Waals surface area contributed by atoms with Gasteiger partial charge in [0.2, 0.25) is 6.41 Å². The number of carbonyl (C=O) groups excluding carboxylic acids is 6. The van der Waals surface area contributed by atoms with Gasteiger partial charge in [-0.2, -0.15) is 0 Å². The maximum Gasteiger partial charge on any atom is 0.408 e. The molecule has 0 saturated carbocycles. The Bertz CT molecular complexity index is 1130. The minimum Gasteiger partial charge on any atom is -0.436 e. The van der Waals surface area contributed by atoms with Gasteiger partial charge in [-0.15, -0.1) is 19.3 Å². The molecule has 0 aromatic rings. The molecule has 0 aromatic heterocycles. The molecule has 0 aliphatic carbocycles. The predicted molar refractivity (Wildman–Crippen MR) is 183 cm³/mol. The van der Waals surface area contributed by atoms with Crippen LogP contribution < -0.4 is 16.0 Å². The standard InChI is InChI=1S/C34H52N6O9/c1-5-26-47-30(42)35-20-14-8-11-17-23-38(4)33(45)40(25-19-13-10-16-22-37-32(44)49-28-7-3)34(46)39(29-41)24-18-12-9-15-21-36-31(43)48-27-6-2/h1-3,29H,8-28H2,4H3,(H,35,42)(H,36,43)(H,37,44). The van der Waals surface area contributed by atoms with Crippen molar-refractivity contribution in [1.82, 2.24) is 30.7 Å². The van der Waals surface area contributed by atoms with E-state index in [2.05, 4.69) is 33.7 Å². The molecule has 0 unspecified atom stereocenters. The highest BCUT2D eigenvalue weighted by molar-refractivity contribution is 5.97. The van der Waals surface area contributed by atoms with Gasteiger partial charge in [0, 0.05) is 46.3 Å². The number of alkyl carbamates (subject to hydrolysis) is 3. The smallest absolute Gasteiger partial charge is 0.408 e. The van der Waals surface area contributed by atoms with Crippen molar-refractivity contribution < 1.29 is 43.0 Å². The number of ether oxygens (including phenoxy) is 3. The van der Waals surface area contributed by atoms with Crippen LogP contribution >= 0.6 is 0 Å². The largest absolute Gasteiger partial charge is 0.436 e. The highest BCUT2D eigenvalue weighted by atomic mass is 16.6. The molecule has 15 heteroatoms. The van der Waals surface area contributed by atoms with E-state index in [9.17, 15) is 28.8 Å². The predicted octanol–water partition coefficient (Wildman–Crippen LogP) is 3.68. The van der Waals surface area contributed by atoms with E-state index in [1.165, 1.54) is 4.90 Å². The van der Waals surface area contributed by atoms with Crippen LogP contribution in [0.3, 0.4) is 0 Å². The van der Waals surface area contributed by atoms with Crippen molar-refractivity contribution >= 4 is 36.8 Å². The average molecular weight is 689 g/mol. The van der Waals surface area contributed by atoms with Crippen LogP contribution in [0.15, 0.2) is 0 Å². The second-order valence-corrected chi connectivity index (χ2v) is 10.8. The van der Waals surface area contributed by atoms with Crippen molar-refractivity contribution in [3.8, 4) is 37.0 Å². The molecule has 0 saturated heterocycles. The van der Waals surface area contributed by atoms with Gasteiger partial charge >= 0.3 is 30.3 Å². The van der Waals surface area contributed by atoms with E-state index >= 15 is 0 Å². The lowest BCUT2D eigenvalue weighted by atomic mass is 10.2. The van der Waals surface area contributed by atoms with Crippen LogP contribution in [0, 0.1) is 37.0 Å². The Morgan fingerprint density at radius 3 is 1.31 bits per heavy atom. The average Bonchev–Trinajstić information content (AvgIpc) is 3.10. The van der Waals surface area contributed by atoms with Gasteiger partial charge in [0.15, 0.2) is 19.8 Å². The fraction of sp³-hybridized carbons (Fsp3) is 0.647. The molecule has 0 spiro atoms. The first-order valence-corrected chi connectivity index (χ1v) is 16.5. The van der Waals surface area contributed by atoms with Crippen LogP contribution in [0.25, 0.3) is 0 Å². The van der Waals surface area contributed by atoms with Gasteiger partial charge in [0.25, 0.3) is 0 Å². The minimum absolute atomic E-state index is 0.0897. The quantitative estimate of drug-likeness (QED) is 0.0559. The van der Waals surface area contributed by atoms with E-state index < -0.39 is 30.3 Å². The van der Waals surface area contributed by atoms with Crippen molar-refractivity contribution in [1.29, 1.82) is 0 Å². The highest BCUT2D eigenvalue weighted by Gasteiger charge is 2.28. The summed E-state index contributed by atoms with van der Waals surface area (Å²) in [5.74, 6) is 6.64. The fourth-order valence-corrected chi connectivity index (χ4v) is 4.31. The number of rotatable bonds is 25. The molecule has 0 radical (unpaired) electrons. The molecule has 8 amide bonds. The third-order valence-electron chi connectivity index (χ3n) is 6.88. The Hall–Kier alpha value is -5.10. The number of amides is 8. The molecule has 0 aliphatic rings. The molecule has 15 nitrogen and oxygen atoms in total. The minimum atomic E-state index is -0.689. The van der Waals surface area contributed by atoms with Crippen LogP contribution in [-0.2, 0) is 19.0 Å². The van der Waals surface area contributed by atoms with E-state index in [-0.39, 0.29) is 32.9 Å². The normalized spacial score (nSPS) is 9.84. The summed E-state index contributed by atoms with van der Waals surface area (Å²) in [6.07, 6.45) is 22.1. The van der Waals surface area contributed by atoms with Crippen molar-refractivity contribution in [3.05, 3.63) is 0 Å². The number of carbonyl (C=O) groups is 6. The zero-order valence-electron chi connectivity index (χ0n) is 28.7. The lowest BCUT2D eigenvalue weighted by Gasteiger charge is -2.30. The second kappa shape index (κ2) is 30.2. The number of hydrogen-bond acceptors (Lipinski definition) is 9. The Balaban J connectivity index is 4.87. The molecule has 0 bridgehead atoms. The van der Waals surface area contributed by atoms with E-state index in [1.54, 1.807) is 7.05 Å². The Morgan fingerprint density at radius 2 is 0.918 bits per heavy atom. The first-order valence-electron chi connectivity index (χ1n) is 16.5. The van der Waals surface area contributed by atoms with Gasteiger partial charge in [0.1, 0.15) is 0 Å². The van der Waals surface area contributed by atoms with E-state index in [1.807, 2.05) is 0 Å². The van der Waals surface area contributed by atoms with Gasteiger partial charge < -0.3 is 35.1 Å². The summed E-state index contributed by atoms with van der Waals surface area (Å²) in [6.45, 7) is 1.58. The monoisotopic (exact) mass is 688 g/mol. The zero-order chi connectivity index (χ0) is 36.5. The molecule has 272 valence electrons. The second-order valence-electron chi connectivity index (χ2n) is 10.8. The van der Waals surface area contributed by atoms with Gasteiger partial charge in [-0.05, 0) is 38.5 Å². The Morgan fingerprint density at radius 1 is 0.551 bits per heavy atom. The van der Waals surface area contributed by atoms with E-state index in [4.69, 9.17) is 33.5 Å². The third kappa shape index (κ3) is 23.8. The SMILES string of the molecule is C#CCOC(=O)NCCCCCCN(C)C(=O)N(CCCCCCNC(=O)OCC#C)C(=O)N(C=O)CCCCCCNC(=O)OCC#C. The number of hydrogen-bond donors (Lipinski definition) is 3. The van der Waals surface area contributed by atoms with Crippen LogP contribution in [-0.4, -0.2) is 118 Å². The molecule has 0 heterocycles. The first kappa shape index (κ1) is 43.9. The van der Waals surface area contributed by atoms with Gasteiger partial charge in [0.05, 0.1) is 0 Å². The lowest BCUT2D eigenvalue weighted by molar-refractivity contribution is -0.116. The van der Waals surface area contributed by atoms with Crippen LogP contribution in [0.5, 0.6) is 0 Å². The van der Waals surface area contributed by atoms with Crippen molar-refractivity contribution in [2.45, 2.75) is 77.0 Å². The van der Waals surface area contributed by atoms with E-state index in [0.29, 0.717) is 77.5 Å². The van der Waals surface area contributed by atoms with E-state index in [0.717, 1.165) is 41.9 Å². The van der Waals surface area contributed by atoms with Gasteiger partial charge in [-0.1, -0.05) is 56.3 Å². The molecule has 0 aromatic carbocycles. The maximum absolute atomic E-state index is 13.4. The van der Waals surface area contributed by atoms with Crippen molar-refractivity contribution in [2.75, 3.05) is 66.1 Å².